The van der Waals surface area contributed by atoms with Crippen LogP contribution in [0.2, 0.25) is 0 Å². The minimum Gasteiger partial charge on any atom is -0.505 e. The molecule has 0 bridgehead atoms. The number of anilines is 1. The van der Waals surface area contributed by atoms with Gasteiger partial charge in [-0.2, -0.15) is 0 Å². The van der Waals surface area contributed by atoms with E-state index in [2.05, 4.69) is 15.3 Å². The van der Waals surface area contributed by atoms with E-state index in [0.29, 0.717) is 11.1 Å². The highest BCUT2D eigenvalue weighted by Crippen LogP contribution is 2.37. The maximum Gasteiger partial charge on any atom is 0.149 e. The molecule has 4 aromatic rings. The molecule has 6 heteroatoms. The summed E-state index contributed by atoms with van der Waals surface area (Å²) in [6.45, 7) is 1.85. The molecular formula is C22H17F2N3O. The molecule has 2 heterocycles. The lowest BCUT2D eigenvalue weighted by molar-refractivity contribution is 0.471. The fraction of sp³-hybridized carbons (Fsp3) is 0.0909. The number of pyridine rings is 2. The highest BCUT2D eigenvalue weighted by Gasteiger charge is 2.21. The smallest absolute Gasteiger partial charge is 0.149 e. The van der Waals surface area contributed by atoms with Gasteiger partial charge in [0.25, 0.3) is 0 Å². The third kappa shape index (κ3) is 3.36. The van der Waals surface area contributed by atoms with Crippen LogP contribution in [0.5, 0.6) is 5.75 Å². The molecule has 0 radical (unpaired) electrons. The number of nitrogens with one attached hydrogen (secondary N) is 1. The summed E-state index contributed by atoms with van der Waals surface area (Å²) >= 11 is 0. The van der Waals surface area contributed by atoms with E-state index >= 15 is 0 Å². The molecule has 0 saturated carbocycles. The Morgan fingerprint density at radius 1 is 0.964 bits per heavy atom. The van der Waals surface area contributed by atoms with Gasteiger partial charge in [-0.3, -0.25) is 4.98 Å². The monoisotopic (exact) mass is 377 g/mol. The van der Waals surface area contributed by atoms with E-state index < -0.39 is 17.7 Å². The zero-order chi connectivity index (χ0) is 19.7. The van der Waals surface area contributed by atoms with Crippen LogP contribution in [0.15, 0.2) is 67.0 Å². The predicted molar refractivity (Wildman–Crippen MR) is 104 cm³/mol. The van der Waals surface area contributed by atoms with Gasteiger partial charge in [-0.05, 0) is 42.8 Å². The van der Waals surface area contributed by atoms with E-state index in [-0.39, 0.29) is 11.4 Å². The summed E-state index contributed by atoms with van der Waals surface area (Å²) in [6, 6.07) is 13.7. The zero-order valence-electron chi connectivity index (χ0n) is 15.0. The number of aromatic nitrogens is 2. The van der Waals surface area contributed by atoms with Crippen LogP contribution in [0.25, 0.3) is 10.9 Å². The minimum atomic E-state index is -0.715. The number of nitrogens with zero attached hydrogens (tertiary/aromatic N) is 2. The van der Waals surface area contributed by atoms with Gasteiger partial charge in [-0.25, -0.2) is 13.8 Å². The lowest BCUT2D eigenvalue weighted by Crippen LogP contribution is -2.14. The molecule has 140 valence electrons. The molecule has 2 aromatic carbocycles. The Balaban J connectivity index is 1.86. The van der Waals surface area contributed by atoms with Gasteiger partial charge in [0.05, 0.1) is 11.7 Å². The first kappa shape index (κ1) is 17.9. The van der Waals surface area contributed by atoms with Crippen molar-refractivity contribution in [3.63, 3.8) is 0 Å². The number of phenols is 1. The minimum absolute atomic E-state index is 0.0121. The average Bonchev–Trinajstić information content (AvgIpc) is 2.69. The molecule has 2 N–H and O–H groups in total. The molecule has 0 fully saturated rings. The van der Waals surface area contributed by atoms with Gasteiger partial charge >= 0.3 is 0 Å². The molecule has 4 nitrogen and oxygen atoms in total. The highest BCUT2D eigenvalue weighted by molar-refractivity contribution is 5.86. The van der Waals surface area contributed by atoms with Crippen molar-refractivity contribution in [1.29, 1.82) is 0 Å². The van der Waals surface area contributed by atoms with E-state index in [4.69, 9.17) is 0 Å². The summed E-state index contributed by atoms with van der Waals surface area (Å²) in [5.74, 6) is -1.36. The normalized spacial score (nSPS) is 12.1. The summed E-state index contributed by atoms with van der Waals surface area (Å²) in [7, 11) is 0. The predicted octanol–water partition coefficient (Wildman–Crippen LogP) is 5.12. The van der Waals surface area contributed by atoms with Crippen molar-refractivity contribution in [3.05, 3.63) is 95.4 Å². The van der Waals surface area contributed by atoms with Crippen LogP contribution < -0.4 is 5.32 Å². The average molecular weight is 377 g/mol. The van der Waals surface area contributed by atoms with Crippen LogP contribution in [-0.2, 0) is 0 Å². The van der Waals surface area contributed by atoms with Crippen molar-refractivity contribution in [2.24, 2.45) is 0 Å². The number of aryl methyl sites for hydroxylation is 1. The van der Waals surface area contributed by atoms with E-state index in [9.17, 15) is 13.9 Å². The first-order valence-electron chi connectivity index (χ1n) is 8.73. The highest BCUT2D eigenvalue weighted by atomic mass is 19.1. The van der Waals surface area contributed by atoms with Crippen molar-refractivity contribution in [1.82, 2.24) is 9.97 Å². The van der Waals surface area contributed by atoms with Gasteiger partial charge < -0.3 is 10.4 Å². The molecule has 2 aromatic heterocycles. The summed E-state index contributed by atoms with van der Waals surface area (Å²) in [5, 5.41) is 14.8. The first-order valence-corrected chi connectivity index (χ1v) is 8.73. The van der Waals surface area contributed by atoms with Gasteiger partial charge in [-0.1, -0.05) is 18.2 Å². The van der Waals surface area contributed by atoms with Gasteiger partial charge in [0.2, 0.25) is 0 Å². The fourth-order valence-corrected chi connectivity index (χ4v) is 3.18. The second-order valence-electron chi connectivity index (χ2n) is 6.51. The van der Waals surface area contributed by atoms with E-state index in [1.54, 1.807) is 30.6 Å². The number of rotatable bonds is 4. The van der Waals surface area contributed by atoms with Gasteiger partial charge in [0.15, 0.2) is 0 Å². The van der Waals surface area contributed by atoms with Gasteiger partial charge in [-0.15, -0.1) is 0 Å². The molecule has 0 aliphatic heterocycles. The van der Waals surface area contributed by atoms with E-state index in [0.717, 1.165) is 22.7 Å². The van der Waals surface area contributed by atoms with Crippen LogP contribution >= 0.6 is 0 Å². The Morgan fingerprint density at radius 3 is 2.46 bits per heavy atom. The lowest BCUT2D eigenvalue weighted by Gasteiger charge is -2.22. The number of hydrogen-bond acceptors (Lipinski definition) is 4. The largest absolute Gasteiger partial charge is 0.505 e. The van der Waals surface area contributed by atoms with Gasteiger partial charge in [0.1, 0.15) is 22.9 Å². The number of halogens is 2. The maximum absolute atomic E-state index is 14.3. The molecular weight excluding hydrogens is 360 g/mol. The summed E-state index contributed by atoms with van der Waals surface area (Å²) < 4.78 is 27.5. The van der Waals surface area contributed by atoms with Crippen LogP contribution in [0.3, 0.4) is 0 Å². The van der Waals surface area contributed by atoms with E-state index in [1.165, 1.54) is 12.1 Å². The van der Waals surface area contributed by atoms with Crippen molar-refractivity contribution in [2.75, 3.05) is 5.32 Å². The molecule has 0 spiro atoms. The molecule has 0 aliphatic rings. The van der Waals surface area contributed by atoms with Crippen molar-refractivity contribution in [2.45, 2.75) is 13.0 Å². The van der Waals surface area contributed by atoms with Crippen LogP contribution in [0, 0.1) is 18.6 Å². The Hall–Kier alpha value is -3.54. The lowest BCUT2D eigenvalue weighted by atomic mass is 9.96. The Bertz CT molecular complexity index is 1150. The number of aromatic hydroxyl groups is 1. The Labute approximate surface area is 160 Å². The van der Waals surface area contributed by atoms with E-state index in [1.807, 2.05) is 25.1 Å². The molecule has 4 rings (SSSR count). The van der Waals surface area contributed by atoms with Crippen LogP contribution in [0.4, 0.5) is 14.5 Å². The first-order chi connectivity index (χ1) is 13.5. The molecule has 28 heavy (non-hydrogen) atoms. The Morgan fingerprint density at radius 2 is 1.71 bits per heavy atom. The molecule has 1 atom stereocenters. The second-order valence-corrected chi connectivity index (χ2v) is 6.51. The Kier molecular flexibility index (Phi) is 4.61. The fourth-order valence-electron chi connectivity index (χ4n) is 3.18. The summed E-state index contributed by atoms with van der Waals surface area (Å²) in [4.78, 5) is 8.45. The second kappa shape index (κ2) is 7.23. The van der Waals surface area contributed by atoms with Gasteiger partial charge in [0, 0.05) is 35.1 Å². The number of hydrogen-bond donors (Lipinski definition) is 2. The zero-order valence-corrected chi connectivity index (χ0v) is 15.0. The summed E-state index contributed by atoms with van der Waals surface area (Å²) in [6.07, 6.45) is 3.23. The van der Waals surface area contributed by atoms with Crippen molar-refractivity contribution in [3.8, 4) is 5.75 Å². The third-order valence-electron chi connectivity index (χ3n) is 4.59. The molecule has 0 aliphatic carbocycles. The quantitative estimate of drug-likeness (QED) is 0.518. The van der Waals surface area contributed by atoms with Crippen LogP contribution in [0.1, 0.15) is 22.9 Å². The topological polar surface area (TPSA) is 58.0 Å². The summed E-state index contributed by atoms with van der Waals surface area (Å²) in [5.41, 5.74) is 2.66. The standard InChI is InChI=1S/C22H17F2N3O/c1-13-2-3-14-4-6-17(22(28)21(14)26-13)20(15-8-10-25-11-9-15)27-19-7-5-16(23)12-18(19)24/h2-12,20,27-28H,1H3. The van der Waals surface area contributed by atoms with Crippen molar-refractivity contribution >= 4 is 16.6 Å². The number of fused-ring (bicyclic) bond motifs is 1. The van der Waals surface area contributed by atoms with Crippen LogP contribution in [-0.4, -0.2) is 15.1 Å². The maximum atomic E-state index is 14.3. The molecule has 0 saturated heterocycles. The number of benzene rings is 2. The SMILES string of the molecule is Cc1ccc2ccc(C(Nc3ccc(F)cc3F)c3ccncc3)c(O)c2n1. The molecule has 0 amide bonds. The third-order valence-corrected chi connectivity index (χ3v) is 4.59. The van der Waals surface area contributed by atoms with Crippen molar-refractivity contribution < 1.29 is 13.9 Å². The molecule has 1 unspecified atom stereocenters. The number of phenolic OH excluding ortho intramolecular Hbond substituents is 1.